The number of fused-ring (bicyclic) bond motifs is 1. The summed E-state index contributed by atoms with van der Waals surface area (Å²) in [6, 6.07) is 0. The first kappa shape index (κ1) is 19.9. The van der Waals surface area contributed by atoms with E-state index in [1.54, 1.807) is 0 Å². The molecular formula is C18H20F4N2O2. The maximum absolute atomic E-state index is 14.3. The van der Waals surface area contributed by atoms with Crippen LogP contribution in [0.2, 0.25) is 0 Å². The topological polar surface area (TPSA) is 58.2 Å². The number of hydrogen-bond acceptors (Lipinski definition) is 4. The number of halogens is 4. The highest BCUT2D eigenvalue weighted by atomic mass is 19.2. The molecule has 4 nitrogen and oxygen atoms in total. The molecule has 1 aromatic carbocycles. The average Bonchev–Trinajstić information content (AvgIpc) is 2.62. The molecule has 0 aromatic heterocycles. The fourth-order valence-corrected chi connectivity index (χ4v) is 2.65. The molecule has 0 atom stereocenters. The zero-order chi connectivity index (χ0) is 19.4. The Hall–Kier alpha value is -2.38. The van der Waals surface area contributed by atoms with Crippen LogP contribution in [0.25, 0.3) is 0 Å². The quantitative estimate of drug-likeness (QED) is 0.407. The molecule has 1 aromatic rings. The summed E-state index contributed by atoms with van der Waals surface area (Å²) in [4.78, 5) is 24.8. The highest BCUT2D eigenvalue weighted by Gasteiger charge is 2.40. The number of nitrogens with one attached hydrogen (secondary N) is 2. The van der Waals surface area contributed by atoms with Crippen LogP contribution in [0.5, 0.6) is 0 Å². The average molecular weight is 372 g/mol. The number of benzene rings is 1. The van der Waals surface area contributed by atoms with Gasteiger partial charge < -0.3 is 10.6 Å². The summed E-state index contributed by atoms with van der Waals surface area (Å²) in [6.07, 6.45) is 2.64. The SMILES string of the molecule is CCCCNC1=C(F)C(=O)c2c(F)c(F)c(F)c(NCCCC)c2C1=O. The van der Waals surface area contributed by atoms with E-state index in [0.717, 1.165) is 12.8 Å². The van der Waals surface area contributed by atoms with Gasteiger partial charge >= 0.3 is 0 Å². The fraction of sp³-hybridized carbons (Fsp3) is 0.444. The van der Waals surface area contributed by atoms with Crippen molar-refractivity contribution in [2.75, 3.05) is 18.4 Å². The summed E-state index contributed by atoms with van der Waals surface area (Å²) in [7, 11) is 0. The minimum absolute atomic E-state index is 0.178. The Morgan fingerprint density at radius 3 is 1.88 bits per heavy atom. The number of allylic oxidation sites excluding steroid dienone is 2. The van der Waals surface area contributed by atoms with E-state index in [1.807, 2.05) is 13.8 Å². The normalized spacial score (nSPS) is 13.9. The zero-order valence-electron chi connectivity index (χ0n) is 14.6. The van der Waals surface area contributed by atoms with E-state index in [1.165, 1.54) is 0 Å². The van der Waals surface area contributed by atoms with E-state index < -0.39 is 57.4 Å². The molecule has 0 amide bonds. The lowest BCUT2D eigenvalue weighted by molar-refractivity contribution is 0.0942. The smallest absolute Gasteiger partial charge is 0.227 e. The summed E-state index contributed by atoms with van der Waals surface area (Å²) in [5.74, 6) is -9.44. The van der Waals surface area contributed by atoms with E-state index >= 15 is 0 Å². The molecular weight excluding hydrogens is 352 g/mol. The van der Waals surface area contributed by atoms with Gasteiger partial charge in [-0.2, -0.15) is 0 Å². The van der Waals surface area contributed by atoms with Crippen LogP contribution in [0.4, 0.5) is 23.2 Å². The molecule has 1 aliphatic carbocycles. The van der Waals surface area contributed by atoms with Gasteiger partial charge in [-0.05, 0) is 12.8 Å². The Bertz CT molecular complexity index is 775. The van der Waals surface area contributed by atoms with Crippen LogP contribution in [-0.4, -0.2) is 24.7 Å². The molecule has 8 heteroatoms. The van der Waals surface area contributed by atoms with Crippen molar-refractivity contribution < 1.29 is 27.2 Å². The molecule has 0 radical (unpaired) electrons. The van der Waals surface area contributed by atoms with E-state index in [0.29, 0.717) is 12.8 Å². The van der Waals surface area contributed by atoms with E-state index in [-0.39, 0.29) is 13.1 Å². The van der Waals surface area contributed by atoms with Gasteiger partial charge in [0.2, 0.25) is 11.6 Å². The van der Waals surface area contributed by atoms with Gasteiger partial charge in [0.05, 0.1) is 16.8 Å². The summed E-state index contributed by atoms with van der Waals surface area (Å²) in [5, 5.41) is 5.05. The number of carbonyl (C=O) groups excluding carboxylic acids is 2. The van der Waals surface area contributed by atoms with Gasteiger partial charge in [0.15, 0.2) is 23.3 Å². The molecule has 0 heterocycles. The minimum Gasteiger partial charge on any atom is -0.382 e. The molecule has 0 unspecified atom stereocenters. The Labute approximate surface area is 148 Å². The molecule has 26 heavy (non-hydrogen) atoms. The van der Waals surface area contributed by atoms with Crippen molar-refractivity contribution >= 4 is 17.3 Å². The largest absolute Gasteiger partial charge is 0.382 e. The number of Topliss-reactive ketones (excluding diaryl/α,β-unsaturated/α-hetero) is 2. The van der Waals surface area contributed by atoms with Crippen LogP contribution in [0, 0.1) is 17.5 Å². The number of rotatable bonds is 8. The van der Waals surface area contributed by atoms with E-state index in [4.69, 9.17) is 0 Å². The second-order valence-electron chi connectivity index (χ2n) is 5.97. The van der Waals surface area contributed by atoms with Gasteiger partial charge in [-0.3, -0.25) is 9.59 Å². The molecule has 0 saturated carbocycles. The van der Waals surface area contributed by atoms with Crippen molar-refractivity contribution in [1.82, 2.24) is 5.32 Å². The van der Waals surface area contributed by atoms with Crippen LogP contribution in [0.1, 0.15) is 60.2 Å². The van der Waals surface area contributed by atoms with Gasteiger partial charge in [-0.25, -0.2) is 17.6 Å². The maximum atomic E-state index is 14.3. The van der Waals surface area contributed by atoms with Crippen molar-refractivity contribution in [2.24, 2.45) is 0 Å². The minimum atomic E-state index is -1.92. The van der Waals surface area contributed by atoms with Crippen LogP contribution >= 0.6 is 0 Å². The second kappa shape index (κ2) is 8.33. The van der Waals surface area contributed by atoms with Crippen molar-refractivity contribution in [1.29, 1.82) is 0 Å². The van der Waals surface area contributed by atoms with Gasteiger partial charge in [-0.1, -0.05) is 26.7 Å². The second-order valence-corrected chi connectivity index (χ2v) is 5.97. The Morgan fingerprint density at radius 2 is 1.31 bits per heavy atom. The van der Waals surface area contributed by atoms with Crippen LogP contribution in [-0.2, 0) is 0 Å². The highest BCUT2D eigenvalue weighted by Crippen LogP contribution is 2.36. The van der Waals surface area contributed by atoms with Gasteiger partial charge in [0, 0.05) is 13.1 Å². The fourth-order valence-electron chi connectivity index (χ4n) is 2.65. The molecule has 1 aliphatic rings. The predicted molar refractivity (Wildman–Crippen MR) is 89.4 cm³/mol. The van der Waals surface area contributed by atoms with Gasteiger partial charge in [0.1, 0.15) is 5.70 Å². The number of anilines is 1. The van der Waals surface area contributed by atoms with Crippen LogP contribution in [0.3, 0.4) is 0 Å². The highest BCUT2D eigenvalue weighted by molar-refractivity contribution is 6.28. The number of hydrogen-bond donors (Lipinski definition) is 2. The Morgan fingerprint density at radius 1 is 0.731 bits per heavy atom. The van der Waals surface area contributed by atoms with Crippen LogP contribution < -0.4 is 10.6 Å². The molecule has 0 fully saturated rings. The molecule has 0 saturated heterocycles. The molecule has 0 aliphatic heterocycles. The summed E-state index contributed by atoms with van der Waals surface area (Å²) in [5.41, 5.74) is -3.03. The van der Waals surface area contributed by atoms with Gasteiger partial charge in [-0.15, -0.1) is 0 Å². The third-order valence-electron chi connectivity index (χ3n) is 4.09. The standard InChI is InChI=1S/C18H20F4N2O2/c1-3-5-7-23-15-10-9(11(19)12(20)13(15)21)17(25)14(22)16(18(10)26)24-8-6-4-2/h23-24H,3-8H2,1-2H3. The third-order valence-corrected chi connectivity index (χ3v) is 4.09. The lowest BCUT2D eigenvalue weighted by atomic mass is 9.89. The number of ketones is 2. The first-order chi connectivity index (χ1) is 12.4. The maximum Gasteiger partial charge on any atom is 0.227 e. The molecule has 142 valence electrons. The Kier molecular flexibility index (Phi) is 6.39. The summed E-state index contributed by atoms with van der Waals surface area (Å²) in [6.45, 7) is 4.12. The van der Waals surface area contributed by atoms with Crippen molar-refractivity contribution in [3.05, 3.63) is 40.1 Å². The van der Waals surface area contributed by atoms with E-state index in [9.17, 15) is 27.2 Å². The van der Waals surface area contributed by atoms with Crippen LogP contribution in [0.15, 0.2) is 11.5 Å². The third kappa shape index (κ3) is 3.45. The summed E-state index contributed by atoms with van der Waals surface area (Å²) >= 11 is 0. The van der Waals surface area contributed by atoms with Crippen molar-refractivity contribution in [3.63, 3.8) is 0 Å². The Balaban J connectivity index is 2.58. The first-order valence-corrected chi connectivity index (χ1v) is 8.54. The van der Waals surface area contributed by atoms with Gasteiger partial charge in [0.25, 0.3) is 0 Å². The zero-order valence-corrected chi connectivity index (χ0v) is 14.6. The predicted octanol–water partition coefficient (Wildman–Crippen LogP) is 4.27. The van der Waals surface area contributed by atoms with Crippen molar-refractivity contribution in [2.45, 2.75) is 39.5 Å². The van der Waals surface area contributed by atoms with E-state index in [2.05, 4.69) is 10.6 Å². The number of carbonyl (C=O) groups is 2. The molecule has 2 rings (SSSR count). The monoisotopic (exact) mass is 372 g/mol. The first-order valence-electron chi connectivity index (χ1n) is 8.54. The number of unbranched alkanes of at least 4 members (excludes halogenated alkanes) is 2. The lowest BCUT2D eigenvalue weighted by Crippen LogP contribution is -2.32. The molecule has 0 bridgehead atoms. The molecule has 0 spiro atoms. The molecule has 2 N–H and O–H groups in total. The summed E-state index contributed by atoms with van der Waals surface area (Å²) < 4.78 is 56.5. The van der Waals surface area contributed by atoms with Crippen molar-refractivity contribution in [3.8, 4) is 0 Å². The lowest BCUT2D eigenvalue weighted by Gasteiger charge is -2.22.